The van der Waals surface area contributed by atoms with Crippen LogP contribution in [0.5, 0.6) is 0 Å². The predicted octanol–water partition coefficient (Wildman–Crippen LogP) is 3.47. The summed E-state index contributed by atoms with van der Waals surface area (Å²) in [4.78, 5) is 10.1. The van der Waals surface area contributed by atoms with Gasteiger partial charge in [0.15, 0.2) is 0 Å². The Morgan fingerprint density at radius 1 is 1.15 bits per heavy atom. The Morgan fingerprint density at radius 3 is 2.15 bits per heavy atom. The molecule has 0 aliphatic heterocycles. The van der Waals surface area contributed by atoms with Gasteiger partial charge in [0.05, 0.1) is 12.1 Å². The molecule has 20 heavy (non-hydrogen) atoms. The van der Waals surface area contributed by atoms with E-state index < -0.39 is 11.0 Å². The number of benzene rings is 1. The maximum Gasteiger partial charge on any atom is 0.433 e. The first-order valence-corrected chi connectivity index (χ1v) is 6.40. The molecule has 0 saturated heterocycles. The van der Waals surface area contributed by atoms with Gasteiger partial charge in [-0.2, -0.15) is 0 Å². The molecular formula is C15H18N2O3. The highest BCUT2D eigenvalue weighted by atomic mass is 16.6. The van der Waals surface area contributed by atoms with E-state index in [2.05, 4.69) is 6.07 Å². The lowest BCUT2D eigenvalue weighted by atomic mass is 9.89. The highest BCUT2D eigenvalue weighted by Gasteiger charge is 2.22. The summed E-state index contributed by atoms with van der Waals surface area (Å²) in [6.45, 7) is 8.08. The van der Waals surface area contributed by atoms with Crippen molar-refractivity contribution >= 4 is 5.88 Å². The fourth-order valence-electron chi connectivity index (χ4n) is 2.46. The fraction of sp³-hybridized carbons (Fsp3) is 0.333. The second kappa shape index (κ2) is 5.09. The fourth-order valence-corrected chi connectivity index (χ4v) is 2.46. The number of hydrogen-bond acceptors (Lipinski definition) is 4. The predicted molar refractivity (Wildman–Crippen MR) is 76.8 cm³/mol. The highest BCUT2D eigenvalue weighted by molar-refractivity contribution is 5.47. The van der Waals surface area contributed by atoms with Gasteiger partial charge in [0.25, 0.3) is 0 Å². The number of nitrogens with zero attached hydrogens (tertiary/aromatic N) is 1. The molecule has 0 aliphatic carbocycles. The van der Waals surface area contributed by atoms with Gasteiger partial charge in [-0.1, -0.05) is 6.07 Å². The standard InChI is InChI=1S/C15H18N2O3/c1-8-7-9(2)11(4)14(10(8)3)15(16)12-5-6-13(20-12)17(18)19/h5-7,15H,16H2,1-4H3. The van der Waals surface area contributed by atoms with Gasteiger partial charge in [-0.25, -0.2) is 0 Å². The molecular weight excluding hydrogens is 256 g/mol. The van der Waals surface area contributed by atoms with Crippen LogP contribution in [0.2, 0.25) is 0 Å². The largest absolute Gasteiger partial charge is 0.433 e. The SMILES string of the molecule is Cc1cc(C)c(C)c(C(N)c2ccc([N+](=O)[O-])o2)c1C. The molecule has 5 heteroatoms. The van der Waals surface area contributed by atoms with E-state index in [0.29, 0.717) is 5.76 Å². The molecule has 2 N–H and O–H groups in total. The normalized spacial score (nSPS) is 12.4. The van der Waals surface area contributed by atoms with Crippen molar-refractivity contribution in [3.8, 4) is 0 Å². The Morgan fingerprint density at radius 2 is 1.70 bits per heavy atom. The van der Waals surface area contributed by atoms with E-state index in [1.807, 2.05) is 27.7 Å². The van der Waals surface area contributed by atoms with Crippen LogP contribution in [0.1, 0.15) is 39.6 Å². The van der Waals surface area contributed by atoms with Crippen molar-refractivity contribution in [3.63, 3.8) is 0 Å². The molecule has 0 fully saturated rings. The Kier molecular flexibility index (Phi) is 3.63. The summed E-state index contributed by atoms with van der Waals surface area (Å²) in [5, 5.41) is 10.7. The van der Waals surface area contributed by atoms with Crippen molar-refractivity contribution in [3.05, 3.63) is 61.9 Å². The number of hydrogen-bond donors (Lipinski definition) is 1. The second-order valence-corrected chi connectivity index (χ2v) is 5.08. The third kappa shape index (κ3) is 2.32. The molecule has 0 radical (unpaired) electrons. The summed E-state index contributed by atoms with van der Waals surface area (Å²) >= 11 is 0. The molecule has 0 amide bonds. The topological polar surface area (TPSA) is 82.3 Å². The summed E-state index contributed by atoms with van der Waals surface area (Å²) in [6, 6.07) is 4.52. The minimum absolute atomic E-state index is 0.282. The van der Waals surface area contributed by atoms with Crippen molar-refractivity contribution in [2.24, 2.45) is 5.73 Å². The Hall–Kier alpha value is -2.14. The van der Waals surface area contributed by atoms with E-state index in [0.717, 1.165) is 27.8 Å². The van der Waals surface area contributed by atoms with Gasteiger partial charge >= 0.3 is 5.88 Å². The van der Waals surface area contributed by atoms with Gasteiger partial charge in [-0.15, -0.1) is 0 Å². The molecule has 1 unspecified atom stereocenters. The first-order valence-electron chi connectivity index (χ1n) is 6.40. The lowest BCUT2D eigenvalue weighted by molar-refractivity contribution is -0.402. The first kappa shape index (κ1) is 14.3. The molecule has 5 nitrogen and oxygen atoms in total. The highest BCUT2D eigenvalue weighted by Crippen LogP contribution is 2.31. The number of furan rings is 1. The summed E-state index contributed by atoms with van der Waals surface area (Å²) in [5.74, 6) is 0.128. The van der Waals surface area contributed by atoms with E-state index in [1.54, 1.807) is 6.07 Å². The smallest absolute Gasteiger partial charge is 0.404 e. The maximum absolute atomic E-state index is 10.7. The minimum Gasteiger partial charge on any atom is -0.404 e. The first-order chi connectivity index (χ1) is 9.32. The van der Waals surface area contributed by atoms with Crippen molar-refractivity contribution < 1.29 is 9.34 Å². The van der Waals surface area contributed by atoms with Gasteiger partial charge in [0, 0.05) is 0 Å². The van der Waals surface area contributed by atoms with Crippen LogP contribution >= 0.6 is 0 Å². The Balaban J connectivity index is 2.52. The zero-order valence-electron chi connectivity index (χ0n) is 12.1. The molecule has 1 atom stereocenters. The third-order valence-electron chi connectivity index (χ3n) is 3.83. The Labute approximate surface area is 117 Å². The average Bonchev–Trinajstić information content (AvgIpc) is 2.86. The number of rotatable bonds is 3. The molecule has 0 aliphatic rings. The average molecular weight is 274 g/mol. The second-order valence-electron chi connectivity index (χ2n) is 5.08. The summed E-state index contributed by atoms with van der Waals surface area (Å²) in [6.07, 6.45) is 0. The quantitative estimate of drug-likeness (QED) is 0.686. The molecule has 1 aromatic heterocycles. The van der Waals surface area contributed by atoms with Crippen LogP contribution in [0, 0.1) is 37.8 Å². The summed E-state index contributed by atoms with van der Waals surface area (Å²) < 4.78 is 5.23. The third-order valence-corrected chi connectivity index (χ3v) is 3.83. The number of aryl methyl sites for hydroxylation is 2. The van der Waals surface area contributed by atoms with Crippen LogP contribution in [0.3, 0.4) is 0 Å². The lowest BCUT2D eigenvalue weighted by Crippen LogP contribution is -2.15. The van der Waals surface area contributed by atoms with Crippen LogP contribution < -0.4 is 5.73 Å². The molecule has 1 aromatic carbocycles. The van der Waals surface area contributed by atoms with E-state index in [1.165, 1.54) is 6.07 Å². The summed E-state index contributed by atoms with van der Waals surface area (Å²) in [7, 11) is 0. The molecule has 106 valence electrons. The van der Waals surface area contributed by atoms with Crippen LogP contribution in [-0.2, 0) is 0 Å². The number of nitrogens with two attached hydrogens (primary N) is 1. The Bertz CT molecular complexity index is 648. The summed E-state index contributed by atoms with van der Waals surface area (Å²) in [5.41, 5.74) is 11.7. The van der Waals surface area contributed by atoms with Gasteiger partial charge < -0.3 is 10.2 Å². The molecule has 2 rings (SSSR count). The van der Waals surface area contributed by atoms with E-state index in [-0.39, 0.29) is 5.88 Å². The maximum atomic E-state index is 10.7. The van der Waals surface area contributed by atoms with Crippen LogP contribution in [-0.4, -0.2) is 4.92 Å². The van der Waals surface area contributed by atoms with E-state index >= 15 is 0 Å². The van der Waals surface area contributed by atoms with E-state index in [4.69, 9.17) is 10.2 Å². The van der Waals surface area contributed by atoms with Gasteiger partial charge in [-0.05, 0) is 61.6 Å². The monoisotopic (exact) mass is 274 g/mol. The minimum atomic E-state index is -0.558. The van der Waals surface area contributed by atoms with Crippen molar-refractivity contribution in [1.82, 2.24) is 0 Å². The zero-order valence-corrected chi connectivity index (χ0v) is 12.1. The van der Waals surface area contributed by atoms with Gasteiger partial charge in [0.1, 0.15) is 10.7 Å². The number of nitro groups is 1. The van der Waals surface area contributed by atoms with Crippen molar-refractivity contribution in [2.75, 3.05) is 0 Å². The van der Waals surface area contributed by atoms with E-state index in [9.17, 15) is 10.1 Å². The van der Waals surface area contributed by atoms with Crippen LogP contribution in [0.4, 0.5) is 5.88 Å². The van der Waals surface area contributed by atoms with Crippen molar-refractivity contribution in [1.29, 1.82) is 0 Å². The zero-order chi connectivity index (χ0) is 15.0. The van der Waals surface area contributed by atoms with Gasteiger partial charge in [-0.3, -0.25) is 10.1 Å². The van der Waals surface area contributed by atoms with Gasteiger partial charge in [0.2, 0.25) is 0 Å². The molecule has 2 aromatic rings. The lowest BCUT2D eigenvalue weighted by Gasteiger charge is -2.19. The molecule has 1 heterocycles. The van der Waals surface area contributed by atoms with Crippen LogP contribution in [0.15, 0.2) is 22.6 Å². The molecule has 0 spiro atoms. The molecule has 0 bridgehead atoms. The molecule has 0 saturated carbocycles. The van der Waals surface area contributed by atoms with Crippen LogP contribution in [0.25, 0.3) is 0 Å². The van der Waals surface area contributed by atoms with Crippen molar-refractivity contribution in [2.45, 2.75) is 33.7 Å².